The van der Waals surface area contributed by atoms with Crippen LogP contribution in [0.2, 0.25) is 0 Å². The Labute approximate surface area is 160 Å². The molecule has 1 aliphatic rings. The van der Waals surface area contributed by atoms with Crippen LogP contribution in [0.15, 0.2) is 42.5 Å². The van der Waals surface area contributed by atoms with Gasteiger partial charge in [-0.15, -0.1) is 12.4 Å². The van der Waals surface area contributed by atoms with Gasteiger partial charge in [-0.2, -0.15) is 0 Å². The molecule has 0 aliphatic carbocycles. The van der Waals surface area contributed by atoms with Crippen molar-refractivity contribution in [1.29, 1.82) is 0 Å². The van der Waals surface area contributed by atoms with E-state index in [2.05, 4.69) is 10.6 Å². The number of carbonyl (C=O) groups is 1. The van der Waals surface area contributed by atoms with Gasteiger partial charge in [0.15, 0.2) is 0 Å². The summed E-state index contributed by atoms with van der Waals surface area (Å²) in [6, 6.07) is 13.9. The number of amides is 1. The zero-order valence-electron chi connectivity index (χ0n) is 15.0. The molecule has 26 heavy (non-hydrogen) atoms. The van der Waals surface area contributed by atoms with Crippen molar-refractivity contribution in [3.8, 4) is 0 Å². The molecule has 2 aromatic carbocycles. The lowest BCUT2D eigenvalue weighted by molar-refractivity contribution is -0.136. The van der Waals surface area contributed by atoms with Crippen molar-refractivity contribution < 1.29 is 14.6 Å². The lowest BCUT2D eigenvalue weighted by atomic mass is 9.78. The molecule has 0 radical (unpaired) electrons. The van der Waals surface area contributed by atoms with Crippen LogP contribution < -0.4 is 10.6 Å². The van der Waals surface area contributed by atoms with Gasteiger partial charge in [0.05, 0.1) is 18.1 Å². The van der Waals surface area contributed by atoms with Gasteiger partial charge >= 0.3 is 0 Å². The van der Waals surface area contributed by atoms with Crippen molar-refractivity contribution in [3.63, 3.8) is 0 Å². The summed E-state index contributed by atoms with van der Waals surface area (Å²) in [5.41, 5.74) is 0.313. The second-order valence-electron chi connectivity index (χ2n) is 6.80. The number of aliphatic hydroxyl groups excluding tert-OH is 1. The molecule has 1 fully saturated rings. The van der Waals surface area contributed by atoms with Gasteiger partial charge in [0, 0.05) is 13.7 Å². The largest absolute Gasteiger partial charge is 0.387 e. The van der Waals surface area contributed by atoms with Crippen molar-refractivity contribution in [3.05, 3.63) is 48.0 Å². The number of ether oxygens (including phenoxy) is 1. The molecule has 1 unspecified atom stereocenters. The molecule has 1 amide bonds. The second kappa shape index (κ2) is 9.33. The fraction of sp³-hybridized carbons (Fsp3) is 0.450. The summed E-state index contributed by atoms with van der Waals surface area (Å²) in [5, 5.41) is 18.9. The van der Waals surface area contributed by atoms with E-state index in [9.17, 15) is 9.90 Å². The number of nitrogens with one attached hydrogen (secondary N) is 2. The fourth-order valence-electron chi connectivity index (χ4n) is 3.53. The SMILES string of the molecule is COCC1(C(=O)NCC(O)c2ccc3ccccc3c2)CCNCC1.Cl. The first-order chi connectivity index (χ1) is 12.1. The van der Waals surface area contributed by atoms with Gasteiger partial charge in [-0.1, -0.05) is 36.4 Å². The number of hydrogen-bond acceptors (Lipinski definition) is 4. The Bertz CT molecular complexity index is 726. The maximum atomic E-state index is 12.7. The van der Waals surface area contributed by atoms with Gasteiger partial charge in [-0.25, -0.2) is 0 Å². The fourth-order valence-corrected chi connectivity index (χ4v) is 3.53. The first kappa shape index (κ1) is 20.6. The summed E-state index contributed by atoms with van der Waals surface area (Å²) in [7, 11) is 1.63. The Morgan fingerprint density at radius 1 is 1.23 bits per heavy atom. The summed E-state index contributed by atoms with van der Waals surface area (Å²) in [5.74, 6) is -0.0318. The molecule has 0 spiro atoms. The van der Waals surface area contributed by atoms with Crippen molar-refractivity contribution in [2.45, 2.75) is 18.9 Å². The molecule has 3 N–H and O–H groups in total. The van der Waals surface area contributed by atoms with Crippen molar-refractivity contribution in [2.24, 2.45) is 5.41 Å². The Kier molecular flexibility index (Phi) is 7.41. The number of halogens is 1. The highest BCUT2D eigenvalue weighted by atomic mass is 35.5. The summed E-state index contributed by atoms with van der Waals surface area (Å²) < 4.78 is 5.29. The number of fused-ring (bicyclic) bond motifs is 1. The van der Waals surface area contributed by atoms with E-state index in [0.29, 0.717) is 6.61 Å². The number of rotatable bonds is 6. The summed E-state index contributed by atoms with van der Waals surface area (Å²) in [4.78, 5) is 12.7. The first-order valence-electron chi connectivity index (χ1n) is 8.79. The van der Waals surface area contributed by atoms with Crippen LogP contribution in [0.5, 0.6) is 0 Å². The van der Waals surface area contributed by atoms with Crippen LogP contribution in [0, 0.1) is 5.41 Å². The van der Waals surface area contributed by atoms with E-state index >= 15 is 0 Å². The number of benzene rings is 2. The van der Waals surface area contributed by atoms with Gasteiger partial charge in [-0.3, -0.25) is 4.79 Å². The second-order valence-corrected chi connectivity index (χ2v) is 6.80. The molecule has 0 bridgehead atoms. The van der Waals surface area contributed by atoms with Gasteiger partial charge in [0.25, 0.3) is 0 Å². The average molecular weight is 379 g/mol. The molecule has 0 saturated carbocycles. The zero-order valence-corrected chi connectivity index (χ0v) is 15.8. The standard InChI is InChI=1S/C20H26N2O3.ClH/c1-25-14-20(8-10-21-11-9-20)19(24)22-13-18(23)17-7-6-15-4-2-3-5-16(15)12-17;/h2-7,12,18,21,23H,8-11,13-14H2,1H3,(H,22,24);1H. The maximum absolute atomic E-state index is 12.7. The molecule has 142 valence electrons. The summed E-state index contributed by atoms with van der Waals surface area (Å²) >= 11 is 0. The van der Waals surface area contributed by atoms with Gasteiger partial charge in [0.2, 0.25) is 5.91 Å². The third-order valence-electron chi connectivity index (χ3n) is 5.08. The third kappa shape index (κ3) is 4.54. The quantitative estimate of drug-likeness (QED) is 0.722. The third-order valence-corrected chi connectivity index (χ3v) is 5.08. The molecule has 0 aromatic heterocycles. The monoisotopic (exact) mass is 378 g/mol. The Hall–Kier alpha value is -1.66. The normalized spacial score (nSPS) is 17.3. The van der Waals surface area contributed by atoms with Crippen molar-refractivity contribution in [2.75, 3.05) is 33.4 Å². The summed E-state index contributed by atoms with van der Waals surface area (Å²) in [6.45, 7) is 2.23. The highest BCUT2D eigenvalue weighted by Crippen LogP contribution is 2.29. The van der Waals surface area contributed by atoms with Gasteiger partial charge in [0.1, 0.15) is 0 Å². The molecule has 1 atom stereocenters. The number of aliphatic hydroxyl groups is 1. The van der Waals surface area contributed by atoms with E-state index in [1.807, 2.05) is 42.5 Å². The molecular weight excluding hydrogens is 352 g/mol. The van der Waals surface area contributed by atoms with Crippen LogP contribution in [-0.4, -0.2) is 44.4 Å². The molecule has 2 aromatic rings. The molecular formula is C20H27ClN2O3. The Balaban J connectivity index is 0.00000243. The van der Waals surface area contributed by atoms with Crippen LogP contribution in [0.25, 0.3) is 10.8 Å². The van der Waals surface area contributed by atoms with E-state index in [-0.39, 0.29) is 24.9 Å². The maximum Gasteiger partial charge on any atom is 0.228 e. The molecule has 3 rings (SSSR count). The number of methoxy groups -OCH3 is 1. The van der Waals surface area contributed by atoms with Crippen LogP contribution in [0.4, 0.5) is 0 Å². The first-order valence-corrected chi connectivity index (χ1v) is 8.79. The van der Waals surface area contributed by atoms with Gasteiger partial charge < -0.3 is 20.5 Å². The van der Waals surface area contributed by atoms with Crippen LogP contribution in [0.1, 0.15) is 24.5 Å². The topological polar surface area (TPSA) is 70.6 Å². The Morgan fingerprint density at radius 3 is 2.62 bits per heavy atom. The minimum Gasteiger partial charge on any atom is -0.387 e. The van der Waals surface area contributed by atoms with Crippen molar-refractivity contribution in [1.82, 2.24) is 10.6 Å². The lowest BCUT2D eigenvalue weighted by Crippen LogP contribution is -2.50. The van der Waals surface area contributed by atoms with E-state index < -0.39 is 11.5 Å². The van der Waals surface area contributed by atoms with Crippen LogP contribution in [-0.2, 0) is 9.53 Å². The summed E-state index contributed by atoms with van der Waals surface area (Å²) in [6.07, 6.45) is 0.771. The predicted octanol–water partition coefficient (Wildman–Crippen LogP) is 2.43. The van der Waals surface area contributed by atoms with Crippen LogP contribution >= 0.6 is 12.4 Å². The van der Waals surface area contributed by atoms with E-state index in [4.69, 9.17) is 4.74 Å². The van der Waals surface area contributed by atoms with E-state index in [1.54, 1.807) is 7.11 Å². The van der Waals surface area contributed by atoms with E-state index in [0.717, 1.165) is 42.3 Å². The molecule has 6 heteroatoms. The minimum absolute atomic E-state index is 0. The van der Waals surface area contributed by atoms with Crippen molar-refractivity contribution >= 4 is 29.1 Å². The average Bonchev–Trinajstić information content (AvgIpc) is 2.66. The predicted molar refractivity (Wildman–Crippen MR) is 106 cm³/mol. The smallest absolute Gasteiger partial charge is 0.228 e. The molecule has 5 nitrogen and oxygen atoms in total. The van der Waals surface area contributed by atoms with Crippen LogP contribution in [0.3, 0.4) is 0 Å². The highest BCUT2D eigenvalue weighted by Gasteiger charge is 2.39. The zero-order chi connectivity index (χ0) is 17.7. The molecule has 1 heterocycles. The number of carbonyl (C=O) groups excluding carboxylic acids is 1. The highest BCUT2D eigenvalue weighted by molar-refractivity contribution is 5.85. The number of hydrogen-bond donors (Lipinski definition) is 3. The lowest BCUT2D eigenvalue weighted by Gasteiger charge is -2.35. The Morgan fingerprint density at radius 2 is 1.92 bits per heavy atom. The van der Waals surface area contributed by atoms with Gasteiger partial charge in [-0.05, 0) is 48.3 Å². The van der Waals surface area contributed by atoms with E-state index in [1.165, 1.54) is 0 Å². The minimum atomic E-state index is -0.727. The molecule has 1 aliphatic heterocycles. The number of piperidine rings is 1. The molecule has 1 saturated heterocycles.